The Bertz CT molecular complexity index is 1070. The van der Waals surface area contributed by atoms with E-state index in [0.29, 0.717) is 0 Å². The smallest absolute Gasteiger partial charge is 0.255 e. The summed E-state index contributed by atoms with van der Waals surface area (Å²) < 4.78 is 5.38. The molecule has 1 amide bonds. The van der Waals surface area contributed by atoms with Gasteiger partial charge in [0.25, 0.3) is 5.91 Å². The summed E-state index contributed by atoms with van der Waals surface area (Å²) in [4.78, 5) is 15.7. The van der Waals surface area contributed by atoms with E-state index < -0.39 is 6.04 Å². The number of amides is 1. The molecule has 2 heterocycles. The molecular weight excluding hydrogens is 378 g/mol. The maximum Gasteiger partial charge on any atom is 0.255 e. The van der Waals surface area contributed by atoms with Gasteiger partial charge in [-0.3, -0.25) is 9.89 Å². The van der Waals surface area contributed by atoms with Crippen LogP contribution >= 0.6 is 0 Å². The second-order valence-corrected chi connectivity index (χ2v) is 8.14. The monoisotopic (exact) mass is 403 g/mol. The van der Waals surface area contributed by atoms with Crippen molar-refractivity contribution in [3.63, 3.8) is 0 Å². The maximum atomic E-state index is 13.8. The second kappa shape index (κ2) is 7.29. The molecule has 1 unspecified atom stereocenters. The first-order valence-corrected chi connectivity index (χ1v) is 10.4. The summed E-state index contributed by atoms with van der Waals surface area (Å²) in [5.74, 6) is 0.706. The molecule has 0 bridgehead atoms. The number of carbonyl (C=O) groups excluding carboxylic acids is 1. The summed E-state index contributed by atoms with van der Waals surface area (Å²) in [5.41, 5.74) is 4.26. The van der Waals surface area contributed by atoms with Crippen LogP contribution in [0.2, 0.25) is 0 Å². The Morgan fingerprint density at radius 2 is 2.03 bits per heavy atom. The minimum absolute atomic E-state index is 0.0147. The molecule has 2 N–H and O–H groups in total. The number of benzene rings is 2. The third-order valence-electron chi connectivity index (χ3n) is 6.66. The number of aromatic amines is 1. The lowest BCUT2D eigenvalue weighted by molar-refractivity contribution is 0.0239. The van der Waals surface area contributed by atoms with Crippen molar-refractivity contribution in [3.8, 4) is 16.9 Å². The molecule has 0 radical (unpaired) electrons. The third kappa shape index (κ3) is 2.75. The molecule has 1 fully saturated rings. The number of H-pyrrole nitrogens is 1. The highest BCUT2D eigenvalue weighted by molar-refractivity contribution is 6.01. The summed E-state index contributed by atoms with van der Waals surface area (Å²) in [6.07, 6.45) is 7.56. The number of nitrogens with zero attached hydrogens (tertiary/aromatic N) is 2. The average Bonchev–Trinajstić information content (AvgIpc) is 3.53. The van der Waals surface area contributed by atoms with Crippen LogP contribution < -0.4 is 4.74 Å². The normalized spacial score (nSPS) is 18.1. The Balaban J connectivity index is 1.63. The lowest BCUT2D eigenvalue weighted by Gasteiger charge is -2.41. The van der Waals surface area contributed by atoms with Crippen LogP contribution in [-0.2, 0) is 5.54 Å². The number of aliphatic hydroxyl groups is 1. The molecule has 1 aliphatic heterocycles. The molecule has 3 aromatic rings. The van der Waals surface area contributed by atoms with Crippen LogP contribution in [0.3, 0.4) is 0 Å². The molecule has 30 heavy (non-hydrogen) atoms. The largest absolute Gasteiger partial charge is 0.497 e. The fourth-order valence-electron chi connectivity index (χ4n) is 5.26. The number of rotatable bonds is 5. The van der Waals surface area contributed by atoms with E-state index in [1.807, 2.05) is 41.4 Å². The molecule has 1 saturated carbocycles. The van der Waals surface area contributed by atoms with Crippen molar-refractivity contribution in [2.45, 2.75) is 37.3 Å². The summed E-state index contributed by atoms with van der Waals surface area (Å²) >= 11 is 0. The van der Waals surface area contributed by atoms with Gasteiger partial charge in [-0.05, 0) is 47.7 Å². The van der Waals surface area contributed by atoms with Crippen LogP contribution in [0.1, 0.15) is 53.2 Å². The first-order chi connectivity index (χ1) is 14.7. The minimum atomic E-state index is -0.421. The topological polar surface area (TPSA) is 78.5 Å². The fourth-order valence-corrected chi connectivity index (χ4v) is 5.26. The van der Waals surface area contributed by atoms with Crippen LogP contribution in [-0.4, -0.2) is 39.8 Å². The van der Waals surface area contributed by atoms with Gasteiger partial charge in [0.15, 0.2) is 0 Å². The lowest BCUT2D eigenvalue weighted by atomic mass is 9.85. The highest BCUT2D eigenvalue weighted by atomic mass is 16.5. The Morgan fingerprint density at radius 1 is 1.20 bits per heavy atom. The van der Waals surface area contributed by atoms with Crippen molar-refractivity contribution in [1.29, 1.82) is 0 Å². The standard InChI is InChI=1S/C24H25N3O3/c1-30-19-6-4-5-17(11-19)22(15-28)27-23(29)20-12-16(18-13-25-26-14-18)7-8-21(20)24(27)9-2-3-10-24/h4-8,11-14,22,28H,2-3,9-10,15H2,1H3,(H,25,26). The van der Waals surface area contributed by atoms with Crippen LogP contribution in [0.4, 0.5) is 0 Å². The molecular formula is C24H25N3O3. The van der Waals surface area contributed by atoms with Gasteiger partial charge in [-0.15, -0.1) is 0 Å². The second-order valence-electron chi connectivity index (χ2n) is 8.14. The lowest BCUT2D eigenvalue weighted by Crippen LogP contribution is -2.45. The van der Waals surface area contributed by atoms with E-state index in [0.717, 1.165) is 59.3 Å². The van der Waals surface area contributed by atoms with Gasteiger partial charge in [-0.25, -0.2) is 0 Å². The van der Waals surface area contributed by atoms with E-state index in [1.165, 1.54) is 0 Å². The highest BCUT2D eigenvalue weighted by Crippen LogP contribution is 2.53. The van der Waals surface area contributed by atoms with Crippen LogP contribution in [0.15, 0.2) is 54.9 Å². The van der Waals surface area contributed by atoms with Gasteiger partial charge in [0, 0.05) is 17.3 Å². The quantitative estimate of drug-likeness (QED) is 0.674. The maximum absolute atomic E-state index is 13.8. The number of hydrogen-bond donors (Lipinski definition) is 2. The number of carbonyl (C=O) groups is 1. The van der Waals surface area contributed by atoms with Gasteiger partial charge in [0.05, 0.1) is 31.5 Å². The zero-order valence-electron chi connectivity index (χ0n) is 17.0. The summed E-state index contributed by atoms with van der Waals surface area (Å²) in [6.45, 7) is -0.136. The van der Waals surface area contributed by atoms with Gasteiger partial charge in [-0.2, -0.15) is 5.10 Å². The number of hydrogen-bond acceptors (Lipinski definition) is 4. The molecule has 1 aromatic heterocycles. The molecule has 1 spiro atoms. The Labute approximate surface area is 175 Å². The van der Waals surface area contributed by atoms with Crippen molar-refractivity contribution < 1.29 is 14.6 Å². The Morgan fingerprint density at radius 3 is 2.73 bits per heavy atom. The predicted molar refractivity (Wildman–Crippen MR) is 113 cm³/mol. The molecule has 2 aromatic carbocycles. The van der Waals surface area contributed by atoms with Gasteiger partial charge < -0.3 is 14.7 Å². The van der Waals surface area contributed by atoms with E-state index in [1.54, 1.807) is 13.3 Å². The van der Waals surface area contributed by atoms with Crippen LogP contribution in [0, 0.1) is 0 Å². The summed E-state index contributed by atoms with van der Waals surface area (Å²) in [6, 6.07) is 13.4. The molecule has 0 saturated heterocycles. The van der Waals surface area contributed by atoms with E-state index in [2.05, 4.69) is 22.3 Å². The molecule has 1 aliphatic carbocycles. The number of nitrogens with one attached hydrogen (secondary N) is 1. The van der Waals surface area contributed by atoms with Crippen molar-refractivity contribution in [2.75, 3.05) is 13.7 Å². The van der Waals surface area contributed by atoms with Crippen molar-refractivity contribution >= 4 is 5.91 Å². The van der Waals surface area contributed by atoms with E-state index >= 15 is 0 Å². The number of methoxy groups -OCH3 is 1. The minimum Gasteiger partial charge on any atom is -0.497 e. The number of ether oxygens (including phenoxy) is 1. The first kappa shape index (κ1) is 18.9. The van der Waals surface area contributed by atoms with E-state index in [-0.39, 0.29) is 18.1 Å². The fraction of sp³-hybridized carbons (Fsp3) is 0.333. The predicted octanol–water partition coefficient (Wildman–Crippen LogP) is 4.04. The molecule has 6 heteroatoms. The number of fused-ring (bicyclic) bond motifs is 2. The highest BCUT2D eigenvalue weighted by Gasteiger charge is 2.53. The average molecular weight is 403 g/mol. The molecule has 5 rings (SSSR count). The third-order valence-corrected chi connectivity index (χ3v) is 6.66. The molecule has 154 valence electrons. The van der Waals surface area contributed by atoms with Crippen LogP contribution in [0.25, 0.3) is 11.1 Å². The van der Waals surface area contributed by atoms with Gasteiger partial charge in [0.1, 0.15) is 5.75 Å². The number of aliphatic hydroxyl groups excluding tert-OH is 1. The molecule has 2 aliphatic rings. The first-order valence-electron chi connectivity index (χ1n) is 10.4. The summed E-state index contributed by atoms with van der Waals surface area (Å²) in [5, 5.41) is 17.3. The van der Waals surface area contributed by atoms with E-state index in [4.69, 9.17) is 4.74 Å². The SMILES string of the molecule is COc1cccc(C(CO)N2C(=O)c3cc(-c4cn[nH]c4)ccc3C23CCCC3)c1. The van der Waals surface area contributed by atoms with Crippen molar-refractivity contribution in [1.82, 2.24) is 15.1 Å². The Kier molecular flexibility index (Phi) is 4.59. The zero-order valence-corrected chi connectivity index (χ0v) is 17.0. The van der Waals surface area contributed by atoms with Crippen LogP contribution in [0.5, 0.6) is 5.75 Å². The summed E-state index contributed by atoms with van der Waals surface area (Å²) in [7, 11) is 1.62. The Hall–Kier alpha value is -3.12. The van der Waals surface area contributed by atoms with Crippen molar-refractivity contribution in [3.05, 3.63) is 71.5 Å². The number of aromatic nitrogens is 2. The van der Waals surface area contributed by atoms with Gasteiger partial charge >= 0.3 is 0 Å². The molecule has 6 nitrogen and oxygen atoms in total. The zero-order chi connectivity index (χ0) is 20.7. The van der Waals surface area contributed by atoms with Gasteiger partial charge in [0.2, 0.25) is 0 Å². The molecule has 1 atom stereocenters. The van der Waals surface area contributed by atoms with E-state index in [9.17, 15) is 9.90 Å². The van der Waals surface area contributed by atoms with Gasteiger partial charge in [-0.1, -0.05) is 37.1 Å². The van der Waals surface area contributed by atoms with Crippen molar-refractivity contribution in [2.24, 2.45) is 0 Å².